The molecular weight excluding hydrogens is 402 g/mol. The Bertz CT molecular complexity index is 1010. The standard InChI is InChI=1S/C20H23N7O2S/c1-13(2)29-20(28)22-15-4-6-16(7-5-15)30-26-11-18-21-8-9-27(18)19(12-26)23-17-10-14(3)24-25-17/h4-10,12-13H,11H2,1-3H3,(H,22,28)(H2,23,24,25)/q+1. The van der Waals surface area contributed by atoms with E-state index in [0.717, 1.165) is 28.1 Å². The fourth-order valence-corrected chi connectivity index (χ4v) is 3.78. The smallest absolute Gasteiger partial charge is 0.411 e. The SMILES string of the molecule is Cc1cc(NC2=CN(Sc3ccc(NC(=O)OC(C)C)cc3)CC3=NC=C[N+]23)n[nH]1. The maximum Gasteiger partial charge on any atom is 0.411 e. The predicted octanol–water partition coefficient (Wildman–Crippen LogP) is 3.93. The number of benzene rings is 1. The zero-order valence-corrected chi connectivity index (χ0v) is 17.7. The van der Waals surface area contributed by atoms with Crippen molar-refractivity contribution in [3.05, 3.63) is 60.4 Å². The number of hydrogen-bond donors (Lipinski definition) is 3. The number of carbonyl (C=O) groups excluding carboxylic acids is 1. The van der Waals surface area contributed by atoms with Crippen molar-refractivity contribution in [2.24, 2.45) is 4.99 Å². The Morgan fingerprint density at radius 1 is 1.33 bits per heavy atom. The molecule has 4 rings (SSSR count). The number of amidine groups is 1. The largest absolute Gasteiger partial charge is 0.447 e. The monoisotopic (exact) mass is 425 g/mol. The zero-order valence-electron chi connectivity index (χ0n) is 16.9. The second kappa shape index (κ2) is 8.64. The van der Waals surface area contributed by atoms with E-state index in [2.05, 4.69) is 30.1 Å². The summed E-state index contributed by atoms with van der Waals surface area (Å²) in [6, 6.07) is 9.55. The first-order valence-corrected chi connectivity index (χ1v) is 10.3. The molecule has 10 heteroatoms. The lowest BCUT2D eigenvalue weighted by molar-refractivity contribution is 0.130. The maximum atomic E-state index is 11.7. The molecule has 2 aromatic rings. The number of H-pyrrole nitrogens is 1. The lowest BCUT2D eigenvalue weighted by Gasteiger charge is -2.24. The van der Waals surface area contributed by atoms with Gasteiger partial charge in [-0.2, -0.15) is 10.1 Å². The van der Waals surface area contributed by atoms with Crippen LogP contribution in [0, 0.1) is 6.92 Å². The van der Waals surface area contributed by atoms with Gasteiger partial charge in [-0.25, -0.2) is 4.79 Å². The molecule has 155 valence electrons. The van der Waals surface area contributed by atoms with Crippen LogP contribution in [0.1, 0.15) is 19.5 Å². The molecule has 3 heterocycles. The fraction of sp³-hybridized carbons (Fsp3) is 0.250. The van der Waals surface area contributed by atoms with Crippen molar-refractivity contribution in [3.63, 3.8) is 0 Å². The van der Waals surface area contributed by atoms with Gasteiger partial charge in [0.1, 0.15) is 6.54 Å². The lowest BCUT2D eigenvalue weighted by Crippen LogP contribution is -2.42. The molecule has 2 aliphatic heterocycles. The highest BCUT2D eigenvalue weighted by atomic mass is 32.2. The molecule has 30 heavy (non-hydrogen) atoms. The van der Waals surface area contributed by atoms with E-state index in [1.807, 2.05) is 68.4 Å². The number of carbonyl (C=O) groups is 1. The van der Waals surface area contributed by atoms with E-state index < -0.39 is 6.09 Å². The highest BCUT2D eigenvalue weighted by Crippen LogP contribution is 2.29. The van der Waals surface area contributed by atoms with E-state index in [1.165, 1.54) is 0 Å². The van der Waals surface area contributed by atoms with Gasteiger partial charge in [0.2, 0.25) is 0 Å². The van der Waals surface area contributed by atoms with Crippen molar-refractivity contribution in [1.82, 2.24) is 19.4 Å². The van der Waals surface area contributed by atoms with Crippen LogP contribution >= 0.6 is 11.9 Å². The summed E-state index contributed by atoms with van der Waals surface area (Å²) in [6.07, 6.45) is 5.11. The minimum atomic E-state index is -0.458. The van der Waals surface area contributed by atoms with Gasteiger partial charge in [0.15, 0.2) is 12.0 Å². The Morgan fingerprint density at radius 3 is 2.83 bits per heavy atom. The topological polar surface area (TPSA) is 101 Å². The summed E-state index contributed by atoms with van der Waals surface area (Å²) in [5.74, 6) is 2.53. The fourth-order valence-electron chi connectivity index (χ4n) is 2.91. The van der Waals surface area contributed by atoms with E-state index in [4.69, 9.17) is 4.74 Å². The molecule has 0 unspecified atom stereocenters. The van der Waals surface area contributed by atoms with Crippen molar-refractivity contribution in [1.29, 1.82) is 0 Å². The average Bonchev–Trinajstić information content (AvgIpc) is 3.31. The van der Waals surface area contributed by atoms with Crippen LogP contribution in [0.2, 0.25) is 0 Å². The summed E-state index contributed by atoms with van der Waals surface area (Å²) in [6.45, 7) is 6.24. The number of aromatic amines is 1. The number of rotatable bonds is 6. The molecule has 0 atom stereocenters. The average molecular weight is 426 g/mol. The number of aryl methyl sites for hydroxylation is 1. The number of hydrogen-bond acceptors (Lipinski definition) is 8. The van der Waals surface area contributed by atoms with Crippen molar-refractivity contribution >= 4 is 35.4 Å². The number of aromatic nitrogens is 2. The maximum absolute atomic E-state index is 11.7. The van der Waals surface area contributed by atoms with Gasteiger partial charge in [0, 0.05) is 22.3 Å². The lowest BCUT2D eigenvalue weighted by atomic mass is 10.3. The zero-order chi connectivity index (χ0) is 21.1. The first kappa shape index (κ1) is 20.0. The molecule has 2 aliphatic rings. The van der Waals surface area contributed by atoms with Gasteiger partial charge in [-0.3, -0.25) is 20.0 Å². The van der Waals surface area contributed by atoms with Gasteiger partial charge in [0.05, 0.1) is 18.5 Å². The van der Waals surface area contributed by atoms with Crippen LogP contribution in [-0.4, -0.2) is 39.1 Å². The number of aliphatic imine (C=N–C) groups is 1. The molecule has 0 saturated carbocycles. The third-order valence-electron chi connectivity index (χ3n) is 4.17. The summed E-state index contributed by atoms with van der Waals surface area (Å²) < 4.78 is 7.20. The number of anilines is 2. The number of nitrogens with one attached hydrogen (secondary N) is 3. The summed E-state index contributed by atoms with van der Waals surface area (Å²) in [5, 5.41) is 13.2. The quantitative estimate of drug-likeness (QED) is 0.479. The van der Waals surface area contributed by atoms with Crippen LogP contribution < -0.4 is 15.5 Å². The van der Waals surface area contributed by atoms with Crippen molar-refractivity contribution in [3.8, 4) is 0 Å². The van der Waals surface area contributed by atoms with Crippen LogP contribution in [0.5, 0.6) is 0 Å². The first-order chi connectivity index (χ1) is 14.5. The van der Waals surface area contributed by atoms with Gasteiger partial charge in [-0.15, -0.1) is 0 Å². The molecule has 1 aromatic heterocycles. The highest BCUT2D eigenvalue weighted by Gasteiger charge is 2.37. The third-order valence-corrected chi connectivity index (χ3v) is 5.12. The number of nitrogens with zero attached hydrogens (tertiary/aromatic N) is 4. The van der Waals surface area contributed by atoms with Crippen LogP contribution in [-0.2, 0) is 4.74 Å². The molecule has 9 nitrogen and oxygen atoms in total. The van der Waals surface area contributed by atoms with Crippen LogP contribution in [0.4, 0.5) is 16.3 Å². The van der Waals surface area contributed by atoms with Crippen molar-refractivity contribution < 1.29 is 9.53 Å². The predicted molar refractivity (Wildman–Crippen MR) is 118 cm³/mol. The van der Waals surface area contributed by atoms with Crippen LogP contribution in [0.3, 0.4) is 0 Å². The van der Waals surface area contributed by atoms with Gasteiger partial charge < -0.3 is 4.74 Å². The second-order valence-electron chi connectivity index (χ2n) is 7.06. The van der Waals surface area contributed by atoms with Crippen molar-refractivity contribution in [2.75, 3.05) is 17.2 Å². The Balaban J connectivity index is 1.44. The number of fused-ring (bicyclic) bond motifs is 1. The highest BCUT2D eigenvalue weighted by molar-refractivity contribution is 7.97. The summed E-state index contributed by atoms with van der Waals surface area (Å²) in [5.41, 5.74) is 1.67. The molecule has 0 aliphatic carbocycles. The van der Waals surface area contributed by atoms with E-state index >= 15 is 0 Å². The first-order valence-electron chi connectivity index (χ1n) is 9.52. The van der Waals surface area contributed by atoms with E-state index in [9.17, 15) is 4.79 Å². The molecule has 0 bridgehead atoms. The Hall–Kier alpha value is -3.24. The molecule has 1 radical (unpaired) electrons. The summed E-state index contributed by atoms with van der Waals surface area (Å²) in [4.78, 5) is 19.2. The third kappa shape index (κ3) is 4.84. The van der Waals surface area contributed by atoms with Crippen LogP contribution in [0.25, 0.3) is 0 Å². The van der Waals surface area contributed by atoms with Gasteiger partial charge in [0.25, 0.3) is 11.7 Å². The Labute approximate surface area is 179 Å². The molecule has 1 aromatic carbocycles. The van der Waals surface area contributed by atoms with Gasteiger partial charge in [-0.05, 0) is 61.9 Å². The number of ether oxygens (including phenoxy) is 1. The molecular formula is C20H23N7O2S+. The van der Waals surface area contributed by atoms with E-state index in [-0.39, 0.29) is 6.10 Å². The van der Waals surface area contributed by atoms with Gasteiger partial charge >= 0.3 is 6.09 Å². The molecule has 0 saturated heterocycles. The second-order valence-corrected chi connectivity index (χ2v) is 8.18. The minimum absolute atomic E-state index is 0.161. The Morgan fingerprint density at radius 2 is 2.13 bits per heavy atom. The van der Waals surface area contributed by atoms with Crippen molar-refractivity contribution in [2.45, 2.75) is 31.8 Å². The molecule has 3 N–H and O–H groups in total. The van der Waals surface area contributed by atoms with Gasteiger partial charge in [-0.1, -0.05) is 0 Å². The van der Waals surface area contributed by atoms with Crippen LogP contribution in [0.15, 0.2) is 64.6 Å². The Kier molecular flexibility index (Phi) is 5.77. The molecule has 0 fully saturated rings. The normalized spacial score (nSPS) is 15.7. The molecule has 1 amide bonds. The molecule has 0 spiro atoms. The summed E-state index contributed by atoms with van der Waals surface area (Å²) >= 11 is 1.58. The van der Waals surface area contributed by atoms with E-state index in [0.29, 0.717) is 12.2 Å². The minimum Gasteiger partial charge on any atom is -0.447 e. The van der Waals surface area contributed by atoms with E-state index in [1.54, 1.807) is 18.1 Å². The number of amides is 1. The summed E-state index contributed by atoms with van der Waals surface area (Å²) in [7, 11) is 0.